The van der Waals surface area contributed by atoms with Crippen LogP contribution in [-0.2, 0) is 6.42 Å². The molecule has 154 valence electrons. The zero-order chi connectivity index (χ0) is 20.5. The summed E-state index contributed by atoms with van der Waals surface area (Å²) in [5, 5.41) is 0. The van der Waals surface area contributed by atoms with Crippen molar-refractivity contribution in [3.8, 4) is 22.9 Å². The average Bonchev–Trinajstić information content (AvgIpc) is 3.28. The Hall–Kier alpha value is -3.35. The lowest BCUT2D eigenvalue weighted by molar-refractivity contribution is 0.171. The van der Waals surface area contributed by atoms with Gasteiger partial charge in [0.2, 0.25) is 0 Å². The normalized spacial score (nSPS) is 17.9. The topological polar surface area (TPSA) is 80.3 Å². The number of nitrogens with one attached hydrogen (secondary N) is 1. The van der Waals surface area contributed by atoms with Gasteiger partial charge in [-0.3, -0.25) is 4.79 Å². The first-order chi connectivity index (χ1) is 14.7. The van der Waals surface area contributed by atoms with Gasteiger partial charge in [-0.05, 0) is 49.1 Å². The van der Waals surface area contributed by atoms with E-state index in [0.29, 0.717) is 25.5 Å². The van der Waals surface area contributed by atoms with Gasteiger partial charge in [0.1, 0.15) is 24.9 Å². The number of aryl methyl sites for hydroxylation is 1. The SMILES string of the molecule is CCc1cc(=O)[nH]c(-c2ccc(N3CCCC3c3ccc4c(c3)OCCO4)nc2)n1. The molecule has 30 heavy (non-hydrogen) atoms. The van der Waals surface area contributed by atoms with Crippen LogP contribution in [0.25, 0.3) is 11.4 Å². The summed E-state index contributed by atoms with van der Waals surface area (Å²) in [6.45, 7) is 4.12. The maximum atomic E-state index is 11.9. The fraction of sp³-hybridized carbons (Fsp3) is 0.348. The van der Waals surface area contributed by atoms with Gasteiger partial charge in [-0.1, -0.05) is 13.0 Å². The summed E-state index contributed by atoms with van der Waals surface area (Å²) in [6, 6.07) is 12.0. The van der Waals surface area contributed by atoms with Crippen molar-refractivity contribution in [1.29, 1.82) is 0 Å². The first-order valence-corrected chi connectivity index (χ1v) is 10.4. The van der Waals surface area contributed by atoms with Gasteiger partial charge in [-0.2, -0.15) is 0 Å². The number of nitrogens with zero attached hydrogens (tertiary/aromatic N) is 3. The second-order valence-electron chi connectivity index (χ2n) is 7.60. The standard InChI is InChI=1S/C23H24N4O3/c1-2-17-13-22(28)26-23(25-17)16-6-8-21(24-14-16)27-9-3-4-18(27)15-5-7-19-20(12-15)30-11-10-29-19/h5-8,12-14,18H,2-4,9-11H2,1H3,(H,25,26,28). The number of benzene rings is 1. The first kappa shape index (κ1) is 18.7. The third-order valence-electron chi connectivity index (χ3n) is 5.68. The van der Waals surface area contributed by atoms with Crippen LogP contribution >= 0.6 is 0 Å². The van der Waals surface area contributed by atoms with E-state index in [9.17, 15) is 4.79 Å². The fourth-order valence-electron chi connectivity index (χ4n) is 4.18. The molecule has 5 rings (SSSR count). The smallest absolute Gasteiger partial charge is 0.251 e. The van der Waals surface area contributed by atoms with Crippen molar-refractivity contribution < 1.29 is 9.47 Å². The van der Waals surface area contributed by atoms with Crippen LogP contribution in [0.1, 0.15) is 37.1 Å². The van der Waals surface area contributed by atoms with Gasteiger partial charge < -0.3 is 19.4 Å². The summed E-state index contributed by atoms with van der Waals surface area (Å²) < 4.78 is 11.4. The maximum absolute atomic E-state index is 11.9. The highest BCUT2D eigenvalue weighted by molar-refractivity contribution is 5.57. The molecule has 1 N–H and O–H groups in total. The molecule has 1 atom stereocenters. The molecule has 2 aliphatic heterocycles. The molecule has 2 aliphatic rings. The van der Waals surface area contributed by atoms with Gasteiger partial charge in [0.25, 0.3) is 5.56 Å². The van der Waals surface area contributed by atoms with Crippen molar-refractivity contribution in [2.75, 3.05) is 24.7 Å². The number of hydrogen-bond acceptors (Lipinski definition) is 6. The monoisotopic (exact) mass is 404 g/mol. The van der Waals surface area contributed by atoms with E-state index < -0.39 is 0 Å². The van der Waals surface area contributed by atoms with Gasteiger partial charge in [-0.25, -0.2) is 9.97 Å². The Labute approximate surface area is 174 Å². The molecule has 1 aromatic carbocycles. The first-order valence-electron chi connectivity index (χ1n) is 10.4. The van der Waals surface area contributed by atoms with Crippen LogP contribution in [0.15, 0.2) is 47.4 Å². The largest absolute Gasteiger partial charge is 0.486 e. The lowest BCUT2D eigenvalue weighted by Gasteiger charge is -2.27. The minimum Gasteiger partial charge on any atom is -0.486 e. The number of aromatic nitrogens is 3. The molecule has 1 unspecified atom stereocenters. The predicted octanol–water partition coefficient (Wildman–Crippen LogP) is 3.51. The number of ether oxygens (including phenoxy) is 2. The molecule has 0 amide bonds. The van der Waals surface area contributed by atoms with Gasteiger partial charge in [0.15, 0.2) is 11.5 Å². The molecule has 0 saturated carbocycles. The van der Waals surface area contributed by atoms with Crippen molar-refractivity contribution in [3.63, 3.8) is 0 Å². The molecule has 0 bridgehead atoms. The molecule has 7 heteroatoms. The summed E-state index contributed by atoms with van der Waals surface area (Å²) in [7, 11) is 0. The van der Waals surface area contributed by atoms with Gasteiger partial charge in [0, 0.05) is 30.1 Å². The Kier molecular flexibility index (Phi) is 4.86. The average molecular weight is 404 g/mol. The summed E-state index contributed by atoms with van der Waals surface area (Å²) in [4.78, 5) is 26.2. The number of rotatable bonds is 4. The van der Waals surface area contributed by atoms with Gasteiger partial charge in [-0.15, -0.1) is 0 Å². The van der Waals surface area contributed by atoms with E-state index in [1.807, 2.05) is 25.1 Å². The minimum absolute atomic E-state index is 0.140. The van der Waals surface area contributed by atoms with E-state index in [2.05, 4.69) is 27.0 Å². The van der Waals surface area contributed by atoms with Crippen molar-refractivity contribution in [2.45, 2.75) is 32.2 Å². The van der Waals surface area contributed by atoms with Crippen molar-refractivity contribution in [3.05, 3.63) is 64.2 Å². The highest BCUT2D eigenvalue weighted by Crippen LogP contribution is 2.39. The number of aromatic amines is 1. The van der Waals surface area contributed by atoms with Gasteiger partial charge >= 0.3 is 0 Å². The number of anilines is 1. The number of H-pyrrole nitrogens is 1. The Bertz CT molecular complexity index is 1110. The van der Waals surface area contributed by atoms with Crippen LogP contribution in [0.2, 0.25) is 0 Å². The third kappa shape index (κ3) is 3.51. The molecule has 1 fully saturated rings. The van der Waals surface area contributed by atoms with E-state index in [1.54, 1.807) is 6.20 Å². The third-order valence-corrected chi connectivity index (χ3v) is 5.68. The number of pyridine rings is 1. The lowest BCUT2D eigenvalue weighted by Crippen LogP contribution is -2.24. The molecule has 3 aromatic rings. The summed E-state index contributed by atoms with van der Waals surface area (Å²) >= 11 is 0. The van der Waals surface area contributed by atoms with Crippen LogP contribution in [-0.4, -0.2) is 34.7 Å². The number of fused-ring (bicyclic) bond motifs is 1. The molecule has 0 radical (unpaired) electrons. The quantitative estimate of drug-likeness (QED) is 0.717. The van der Waals surface area contributed by atoms with Crippen molar-refractivity contribution in [1.82, 2.24) is 15.0 Å². The lowest BCUT2D eigenvalue weighted by atomic mass is 10.0. The van der Waals surface area contributed by atoms with Crippen LogP contribution < -0.4 is 19.9 Å². The predicted molar refractivity (Wildman–Crippen MR) is 114 cm³/mol. The Balaban J connectivity index is 1.41. The van der Waals surface area contributed by atoms with Crippen LogP contribution in [0.5, 0.6) is 11.5 Å². The highest BCUT2D eigenvalue weighted by atomic mass is 16.6. The molecule has 4 heterocycles. The number of hydrogen-bond donors (Lipinski definition) is 1. The maximum Gasteiger partial charge on any atom is 0.251 e. The summed E-state index contributed by atoms with van der Waals surface area (Å²) in [5.74, 6) is 3.11. The van der Waals surface area contributed by atoms with Crippen LogP contribution in [0, 0.1) is 0 Å². The zero-order valence-corrected chi connectivity index (χ0v) is 16.9. The minimum atomic E-state index is -0.140. The molecule has 0 aliphatic carbocycles. The van der Waals surface area contributed by atoms with E-state index in [0.717, 1.165) is 48.0 Å². The fourth-order valence-corrected chi connectivity index (χ4v) is 4.18. The second-order valence-corrected chi connectivity index (χ2v) is 7.60. The van der Waals surface area contributed by atoms with Crippen LogP contribution in [0.3, 0.4) is 0 Å². The molecule has 7 nitrogen and oxygen atoms in total. The Morgan fingerprint density at radius 1 is 1.13 bits per heavy atom. The molecule has 1 saturated heterocycles. The summed E-state index contributed by atoms with van der Waals surface area (Å²) in [6.07, 6.45) is 4.67. The van der Waals surface area contributed by atoms with Gasteiger partial charge in [0.05, 0.1) is 6.04 Å². The van der Waals surface area contributed by atoms with Crippen molar-refractivity contribution >= 4 is 5.82 Å². The molecular formula is C23H24N4O3. The molecule has 2 aromatic heterocycles. The Morgan fingerprint density at radius 3 is 2.80 bits per heavy atom. The zero-order valence-electron chi connectivity index (χ0n) is 16.9. The second kappa shape index (κ2) is 7.82. The summed E-state index contributed by atoms with van der Waals surface area (Å²) in [5.41, 5.74) is 2.65. The van der Waals surface area contributed by atoms with E-state index in [-0.39, 0.29) is 11.6 Å². The van der Waals surface area contributed by atoms with Crippen LogP contribution in [0.4, 0.5) is 5.82 Å². The van der Waals surface area contributed by atoms with Crippen molar-refractivity contribution in [2.24, 2.45) is 0 Å². The van der Waals surface area contributed by atoms with E-state index in [4.69, 9.17) is 14.5 Å². The van der Waals surface area contributed by atoms with E-state index >= 15 is 0 Å². The molecular weight excluding hydrogens is 380 g/mol. The highest BCUT2D eigenvalue weighted by Gasteiger charge is 2.28. The van der Waals surface area contributed by atoms with E-state index in [1.165, 1.54) is 11.6 Å². The molecule has 0 spiro atoms. The Morgan fingerprint density at radius 2 is 2.00 bits per heavy atom.